The van der Waals surface area contributed by atoms with Crippen LogP contribution in [0.5, 0.6) is 0 Å². The minimum atomic E-state index is -4.12. The first-order valence-corrected chi connectivity index (χ1v) is 12.0. The predicted molar refractivity (Wildman–Crippen MR) is 122 cm³/mol. The van der Waals surface area contributed by atoms with E-state index in [2.05, 4.69) is 9.71 Å². The number of amidine groups is 1. The fourth-order valence-corrected chi connectivity index (χ4v) is 4.91. The van der Waals surface area contributed by atoms with E-state index in [-0.39, 0.29) is 35.4 Å². The maximum absolute atomic E-state index is 13.4. The van der Waals surface area contributed by atoms with Crippen molar-refractivity contribution in [2.24, 2.45) is 16.2 Å². The van der Waals surface area contributed by atoms with Crippen molar-refractivity contribution in [1.29, 1.82) is 0 Å². The number of rotatable bonds is 6. The number of para-hydroxylation sites is 1. The van der Waals surface area contributed by atoms with Gasteiger partial charge in [-0.15, -0.1) is 4.40 Å². The van der Waals surface area contributed by atoms with E-state index >= 15 is 0 Å². The number of nitrogens with one attached hydrogen (secondary N) is 1. The van der Waals surface area contributed by atoms with Gasteiger partial charge in [0.1, 0.15) is 10.7 Å². The van der Waals surface area contributed by atoms with Gasteiger partial charge in [-0.25, -0.2) is 4.79 Å². The van der Waals surface area contributed by atoms with E-state index < -0.39 is 33.8 Å². The van der Waals surface area contributed by atoms with Gasteiger partial charge in [-0.05, 0) is 30.0 Å². The van der Waals surface area contributed by atoms with Crippen LogP contribution in [0.15, 0.2) is 63.9 Å². The summed E-state index contributed by atoms with van der Waals surface area (Å²) in [6.45, 7) is 3.98. The highest BCUT2D eigenvalue weighted by molar-refractivity contribution is 7.90. The predicted octanol–water partition coefficient (Wildman–Crippen LogP) is 2.85. The second-order valence-electron chi connectivity index (χ2n) is 8.37. The monoisotopic (exact) mass is 468 g/mol. The van der Waals surface area contributed by atoms with Crippen LogP contribution in [-0.2, 0) is 26.2 Å². The van der Waals surface area contributed by atoms with Gasteiger partial charge in [-0.3, -0.25) is 19.4 Å². The number of benzene rings is 2. The lowest BCUT2D eigenvalue weighted by Crippen LogP contribution is -2.62. The summed E-state index contributed by atoms with van der Waals surface area (Å²) in [4.78, 5) is 41.8. The smallest absolute Gasteiger partial charge is 0.333 e. The van der Waals surface area contributed by atoms with Crippen molar-refractivity contribution >= 4 is 39.4 Å². The van der Waals surface area contributed by atoms with E-state index in [9.17, 15) is 22.8 Å². The number of imide groups is 2. The zero-order valence-corrected chi connectivity index (χ0v) is 19.1. The van der Waals surface area contributed by atoms with Crippen LogP contribution in [0.1, 0.15) is 25.8 Å². The standard InChI is InChI=1S/C23H24N4O5S/c1-15(2)12-13-26-21(28)19(20-24-17-10-6-7-11-18(17)33(31,32)25-20)22(29)27(23(26)30)14-16-8-4-3-5-9-16/h3-11,15,19H,12-14H2,1-2H3,(H,24,25). The number of carbonyl (C=O) groups excluding carboxylic acids is 3. The first-order valence-electron chi connectivity index (χ1n) is 10.6. The molecule has 0 aliphatic carbocycles. The third kappa shape index (κ3) is 4.38. The van der Waals surface area contributed by atoms with Gasteiger partial charge in [-0.2, -0.15) is 8.42 Å². The van der Waals surface area contributed by atoms with E-state index in [0.29, 0.717) is 12.0 Å². The number of urea groups is 1. The third-order valence-corrected chi connectivity index (χ3v) is 6.87. The fourth-order valence-electron chi connectivity index (χ4n) is 3.75. The van der Waals surface area contributed by atoms with Crippen LogP contribution >= 0.6 is 0 Å². The Hall–Kier alpha value is -3.53. The molecule has 0 spiro atoms. The molecule has 0 bridgehead atoms. The number of barbiturate groups is 1. The summed E-state index contributed by atoms with van der Waals surface area (Å²) >= 11 is 0. The zero-order valence-electron chi connectivity index (χ0n) is 18.3. The second-order valence-corrected chi connectivity index (χ2v) is 9.94. The van der Waals surface area contributed by atoms with Gasteiger partial charge in [0.05, 0.1) is 12.2 Å². The van der Waals surface area contributed by atoms with Crippen LogP contribution in [0.4, 0.5) is 10.5 Å². The molecule has 172 valence electrons. The van der Waals surface area contributed by atoms with E-state index in [1.807, 2.05) is 19.9 Å². The van der Waals surface area contributed by atoms with Crippen LogP contribution < -0.4 is 5.32 Å². The summed E-state index contributed by atoms with van der Waals surface area (Å²) in [5.41, 5.74) is 0.927. The van der Waals surface area contributed by atoms with E-state index in [4.69, 9.17) is 0 Å². The van der Waals surface area contributed by atoms with E-state index in [1.165, 1.54) is 12.1 Å². The molecule has 0 aromatic heterocycles. The Kier molecular flexibility index (Phi) is 6.03. The molecule has 33 heavy (non-hydrogen) atoms. The molecule has 2 aliphatic heterocycles. The van der Waals surface area contributed by atoms with Gasteiger partial charge in [0.2, 0.25) is 0 Å². The fraction of sp³-hybridized carbons (Fsp3) is 0.304. The molecule has 2 aromatic rings. The summed E-state index contributed by atoms with van der Waals surface area (Å²) < 4.78 is 29.2. The number of hydrogen-bond donors (Lipinski definition) is 1. The lowest BCUT2D eigenvalue weighted by atomic mass is 10.00. The third-order valence-electron chi connectivity index (χ3n) is 5.52. The Bertz CT molecular complexity index is 1240. The van der Waals surface area contributed by atoms with Gasteiger partial charge < -0.3 is 5.32 Å². The summed E-state index contributed by atoms with van der Waals surface area (Å²) in [6.07, 6.45) is 0.540. The van der Waals surface area contributed by atoms with E-state index in [1.54, 1.807) is 36.4 Å². The molecule has 1 atom stereocenters. The first-order chi connectivity index (χ1) is 15.7. The number of fused-ring (bicyclic) bond motifs is 1. The molecule has 1 saturated heterocycles. The molecule has 10 heteroatoms. The van der Waals surface area contributed by atoms with Crippen molar-refractivity contribution in [2.45, 2.75) is 31.7 Å². The summed E-state index contributed by atoms with van der Waals surface area (Å²) in [5.74, 6) is -3.25. The normalized spacial score (nSPS) is 19.9. The molecule has 1 unspecified atom stereocenters. The minimum Gasteiger partial charge on any atom is -0.341 e. The van der Waals surface area contributed by atoms with Crippen LogP contribution in [0.2, 0.25) is 0 Å². The topological polar surface area (TPSA) is 116 Å². The molecule has 4 rings (SSSR count). The second kappa shape index (κ2) is 8.78. The van der Waals surface area contributed by atoms with Crippen molar-refractivity contribution in [2.75, 3.05) is 11.9 Å². The van der Waals surface area contributed by atoms with Crippen LogP contribution in [0.3, 0.4) is 0 Å². The lowest BCUT2D eigenvalue weighted by Gasteiger charge is -2.38. The first kappa shape index (κ1) is 22.7. The highest BCUT2D eigenvalue weighted by Gasteiger charge is 2.49. The van der Waals surface area contributed by atoms with Gasteiger partial charge >= 0.3 is 6.03 Å². The zero-order chi connectivity index (χ0) is 23.8. The van der Waals surface area contributed by atoms with Gasteiger partial charge in [-0.1, -0.05) is 56.3 Å². The van der Waals surface area contributed by atoms with Crippen molar-refractivity contribution < 1.29 is 22.8 Å². The highest BCUT2D eigenvalue weighted by atomic mass is 32.2. The van der Waals surface area contributed by atoms with Crippen LogP contribution in [0, 0.1) is 11.8 Å². The Balaban J connectivity index is 1.74. The maximum atomic E-state index is 13.4. The van der Waals surface area contributed by atoms with Crippen molar-refractivity contribution in [3.63, 3.8) is 0 Å². The van der Waals surface area contributed by atoms with Crippen molar-refractivity contribution in [3.8, 4) is 0 Å². The maximum Gasteiger partial charge on any atom is 0.333 e. The molecule has 1 fully saturated rings. The Morgan fingerprint density at radius 1 is 0.939 bits per heavy atom. The number of hydrogen-bond acceptors (Lipinski definition) is 6. The lowest BCUT2D eigenvalue weighted by molar-refractivity contribution is -0.146. The number of anilines is 1. The molecular formula is C23H24N4O5S. The molecule has 0 radical (unpaired) electrons. The molecule has 9 nitrogen and oxygen atoms in total. The number of amides is 4. The average molecular weight is 469 g/mol. The Labute approximate surface area is 192 Å². The minimum absolute atomic E-state index is 0.0432. The molecule has 2 aliphatic rings. The van der Waals surface area contributed by atoms with Gasteiger partial charge in [0.25, 0.3) is 21.8 Å². The summed E-state index contributed by atoms with van der Waals surface area (Å²) in [5, 5.41) is 2.83. The van der Waals surface area contributed by atoms with Crippen LogP contribution in [0.25, 0.3) is 0 Å². The molecule has 1 N–H and O–H groups in total. The molecular weight excluding hydrogens is 444 g/mol. The SMILES string of the molecule is CC(C)CCN1C(=O)C(C2=NS(=O)(=O)c3ccccc3N2)C(=O)N(Cc2ccccc2)C1=O. The van der Waals surface area contributed by atoms with Crippen molar-refractivity contribution in [3.05, 3.63) is 60.2 Å². The quantitative estimate of drug-likeness (QED) is 0.652. The Morgan fingerprint density at radius 3 is 2.27 bits per heavy atom. The summed E-state index contributed by atoms with van der Waals surface area (Å²) in [7, 11) is -4.12. The molecule has 0 saturated carbocycles. The molecule has 2 heterocycles. The highest BCUT2D eigenvalue weighted by Crippen LogP contribution is 2.31. The largest absolute Gasteiger partial charge is 0.341 e. The van der Waals surface area contributed by atoms with Crippen molar-refractivity contribution in [1.82, 2.24) is 9.80 Å². The van der Waals surface area contributed by atoms with Crippen LogP contribution in [-0.4, -0.2) is 48.4 Å². The molecule has 4 amide bonds. The number of carbonyl (C=O) groups is 3. The number of sulfonamides is 1. The van der Waals surface area contributed by atoms with Gasteiger partial charge in [0, 0.05) is 6.54 Å². The van der Waals surface area contributed by atoms with E-state index in [0.717, 1.165) is 9.80 Å². The molecule has 2 aromatic carbocycles. The average Bonchev–Trinajstić information content (AvgIpc) is 2.77. The Morgan fingerprint density at radius 2 is 1.58 bits per heavy atom. The summed E-state index contributed by atoms with van der Waals surface area (Å²) in [6, 6.07) is 14.3. The van der Waals surface area contributed by atoms with Gasteiger partial charge in [0.15, 0.2) is 5.92 Å². The number of nitrogens with zero attached hydrogens (tertiary/aromatic N) is 3.